The molecule has 134 valence electrons. The number of ketones is 1. The number of carbonyl (C=O) groups is 2. The molecule has 2 aromatic heterocycles. The SMILES string of the molecule is CC(C)=CC(=O)NCCC1=CC(=O)c2nccc3c2c1nc1ccccc13. The highest BCUT2D eigenvalue weighted by Gasteiger charge is 2.24. The van der Waals surface area contributed by atoms with E-state index in [9.17, 15) is 9.59 Å². The Morgan fingerprint density at radius 3 is 2.74 bits per heavy atom. The first-order chi connectivity index (χ1) is 13.0. The maximum atomic E-state index is 12.6. The summed E-state index contributed by atoms with van der Waals surface area (Å²) in [6.45, 7) is 4.19. The Morgan fingerprint density at radius 1 is 1.11 bits per heavy atom. The summed E-state index contributed by atoms with van der Waals surface area (Å²) in [5.41, 5.74) is 3.87. The Kier molecular flexibility index (Phi) is 4.28. The molecule has 1 aliphatic rings. The second-order valence-corrected chi connectivity index (χ2v) is 6.86. The number of hydrogen-bond acceptors (Lipinski definition) is 4. The van der Waals surface area contributed by atoms with E-state index in [1.54, 1.807) is 18.3 Å². The summed E-state index contributed by atoms with van der Waals surface area (Å²) in [5.74, 6) is -0.243. The highest BCUT2D eigenvalue weighted by Crippen LogP contribution is 2.35. The molecule has 3 aromatic rings. The molecule has 0 unspecified atom stereocenters. The van der Waals surface area contributed by atoms with Gasteiger partial charge in [0, 0.05) is 29.6 Å². The van der Waals surface area contributed by atoms with Crippen LogP contribution in [0.5, 0.6) is 0 Å². The van der Waals surface area contributed by atoms with E-state index in [0.717, 1.165) is 38.5 Å². The van der Waals surface area contributed by atoms with Crippen LogP contribution in [0.1, 0.15) is 36.5 Å². The number of nitrogens with zero attached hydrogens (tertiary/aromatic N) is 2. The van der Waals surface area contributed by atoms with Crippen molar-refractivity contribution in [3.63, 3.8) is 0 Å². The summed E-state index contributed by atoms with van der Waals surface area (Å²) in [5, 5.41) is 5.64. The summed E-state index contributed by atoms with van der Waals surface area (Å²) < 4.78 is 0. The molecule has 1 N–H and O–H groups in total. The van der Waals surface area contributed by atoms with Gasteiger partial charge in [0.05, 0.1) is 11.2 Å². The lowest BCUT2D eigenvalue weighted by molar-refractivity contribution is -0.116. The van der Waals surface area contributed by atoms with Gasteiger partial charge in [0.1, 0.15) is 5.69 Å². The number of pyridine rings is 2. The van der Waals surface area contributed by atoms with Crippen LogP contribution in [0.15, 0.2) is 54.3 Å². The molecule has 5 nitrogen and oxygen atoms in total. The standard InChI is InChI=1S/C22H19N3O2/c1-13(2)11-19(27)23-9-7-14-12-18(26)22-20-16(8-10-24-22)15-5-3-4-6-17(15)25-21(14)20/h3-6,8,10-12H,7,9H2,1-2H3,(H,23,27). The fraction of sp³-hybridized carbons (Fsp3) is 0.182. The molecule has 0 bridgehead atoms. The molecule has 5 heteroatoms. The van der Waals surface area contributed by atoms with Crippen molar-refractivity contribution in [1.29, 1.82) is 0 Å². The maximum Gasteiger partial charge on any atom is 0.243 e. The van der Waals surface area contributed by atoms with Crippen molar-refractivity contribution in [3.05, 3.63) is 65.6 Å². The van der Waals surface area contributed by atoms with E-state index in [1.165, 1.54) is 0 Å². The second-order valence-electron chi connectivity index (χ2n) is 6.86. The van der Waals surface area contributed by atoms with Gasteiger partial charge in [-0.1, -0.05) is 23.8 Å². The Morgan fingerprint density at radius 2 is 1.93 bits per heavy atom. The van der Waals surface area contributed by atoms with Gasteiger partial charge in [0.2, 0.25) is 11.7 Å². The van der Waals surface area contributed by atoms with Crippen molar-refractivity contribution in [1.82, 2.24) is 15.3 Å². The minimum atomic E-state index is -0.128. The monoisotopic (exact) mass is 357 g/mol. The lowest BCUT2D eigenvalue weighted by Crippen LogP contribution is -2.23. The van der Waals surface area contributed by atoms with Gasteiger partial charge in [-0.3, -0.25) is 14.6 Å². The van der Waals surface area contributed by atoms with Crippen molar-refractivity contribution in [2.24, 2.45) is 0 Å². The average molecular weight is 357 g/mol. The number of nitrogens with one attached hydrogen (secondary N) is 1. The molecule has 1 amide bonds. The Hall–Kier alpha value is -3.34. The molecule has 0 radical (unpaired) electrons. The normalized spacial score (nSPS) is 12.8. The van der Waals surface area contributed by atoms with E-state index < -0.39 is 0 Å². The summed E-state index contributed by atoms with van der Waals surface area (Å²) in [4.78, 5) is 33.5. The molecule has 0 aliphatic heterocycles. The van der Waals surface area contributed by atoms with Crippen LogP contribution in [-0.4, -0.2) is 28.2 Å². The Labute approximate surface area is 156 Å². The fourth-order valence-corrected chi connectivity index (χ4v) is 3.44. The summed E-state index contributed by atoms with van der Waals surface area (Å²) in [6, 6.07) is 9.82. The number of amides is 1. The first kappa shape index (κ1) is 17.1. The van der Waals surface area contributed by atoms with Crippen molar-refractivity contribution in [3.8, 4) is 0 Å². The van der Waals surface area contributed by atoms with Crippen molar-refractivity contribution < 1.29 is 9.59 Å². The van der Waals surface area contributed by atoms with Gasteiger partial charge in [0.15, 0.2) is 0 Å². The predicted octanol–water partition coefficient (Wildman–Crippen LogP) is 3.84. The first-order valence-electron chi connectivity index (χ1n) is 8.90. The number of rotatable bonds is 4. The van der Waals surface area contributed by atoms with Gasteiger partial charge in [-0.05, 0) is 49.4 Å². The highest BCUT2D eigenvalue weighted by molar-refractivity contribution is 6.23. The van der Waals surface area contributed by atoms with E-state index >= 15 is 0 Å². The smallest absolute Gasteiger partial charge is 0.243 e. The van der Waals surface area contributed by atoms with E-state index in [-0.39, 0.29) is 11.7 Å². The highest BCUT2D eigenvalue weighted by atomic mass is 16.1. The number of hydrogen-bond donors (Lipinski definition) is 1. The van der Waals surface area contributed by atoms with Crippen LogP contribution in [0.2, 0.25) is 0 Å². The van der Waals surface area contributed by atoms with Gasteiger partial charge in [-0.2, -0.15) is 0 Å². The average Bonchev–Trinajstić information content (AvgIpc) is 2.64. The number of allylic oxidation sites excluding steroid dienone is 2. The van der Waals surface area contributed by atoms with Gasteiger partial charge in [-0.25, -0.2) is 4.98 Å². The number of benzene rings is 1. The molecule has 1 aliphatic carbocycles. The van der Waals surface area contributed by atoms with Crippen molar-refractivity contribution >= 4 is 38.9 Å². The van der Waals surface area contributed by atoms with Crippen LogP contribution >= 0.6 is 0 Å². The first-order valence-corrected chi connectivity index (χ1v) is 8.90. The van der Waals surface area contributed by atoms with Gasteiger partial charge >= 0.3 is 0 Å². The molecule has 0 saturated carbocycles. The third-order valence-electron chi connectivity index (χ3n) is 4.57. The molecule has 2 heterocycles. The number of fused-ring (bicyclic) bond motifs is 2. The van der Waals surface area contributed by atoms with Crippen molar-refractivity contribution in [2.75, 3.05) is 6.54 Å². The van der Waals surface area contributed by atoms with Crippen LogP contribution in [0.4, 0.5) is 0 Å². The zero-order valence-corrected chi connectivity index (χ0v) is 15.2. The van der Waals surface area contributed by atoms with Crippen LogP contribution in [0, 0.1) is 0 Å². The molecule has 0 fully saturated rings. The fourth-order valence-electron chi connectivity index (χ4n) is 3.44. The third-order valence-corrected chi connectivity index (χ3v) is 4.57. The van der Waals surface area contributed by atoms with Gasteiger partial charge in [0.25, 0.3) is 0 Å². The largest absolute Gasteiger partial charge is 0.352 e. The van der Waals surface area contributed by atoms with E-state index in [0.29, 0.717) is 18.7 Å². The second kappa shape index (κ2) is 6.76. The maximum absolute atomic E-state index is 12.6. The molecule has 27 heavy (non-hydrogen) atoms. The summed E-state index contributed by atoms with van der Waals surface area (Å²) in [7, 11) is 0. The molecule has 0 saturated heterocycles. The summed E-state index contributed by atoms with van der Waals surface area (Å²) in [6.07, 6.45) is 5.36. The summed E-state index contributed by atoms with van der Waals surface area (Å²) >= 11 is 0. The molecular formula is C22H19N3O2. The Balaban J connectivity index is 1.75. The van der Waals surface area contributed by atoms with Crippen LogP contribution in [0.25, 0.3) is 27.2 Å². The van der Waals surface area contributed by atoms with E-state index in [4.69, 9.17) is 4.98 Å². The zero-order valence-electron chi connectivity index (χ0n) is 15.2. The zero-order chi connectivity index (χ0) is 19.0. The Bertz CT molecular complexity index is 1150. The van der Waals surface area contributed by atoms with Crippen LogP contribution < -0.4 is 5.32 Å². The van der Waals surface area contributed by atoms with Crippen LogP contribution in [-0.2, 0) is 4.79 Å². The lowest BCUT2D eigenvalue weighted by Gasteiger charge is -2.18. The minimum Gasteiger partial charge on any atom is -0.352 e. The molecule has 0 atom stereocenters. The number of aromatic nitrogens is 2. The minimum absolute atomic E-state index is 0.115. The third kappa shape index (κ3) is 3.12. The topological polar surface area (TPSA) is 72.0 Å². The number of para-hydroxylation sites is 1. The van der Waals surface area contributed by atoms with Crippen molar-refractivity contribution in [2.45, 2.75) is 20.3 Å². The lowest BCUT2D eigenvalue weighted by atomic mass is 9.91. The molecular weight excluding hydrogens is 338 g/mol. The molecule has 4 rings (SSSR count). The quantitative estimate of drug-likeness (QED) is 0.569. The molecule has 1 aromatic carbocycles. The molecule has 0 spiro atoms. The van der Waals surface area contributed by atoms with Gasteiger partial charge in [-0.15, -0.1) is 0 Å². The number of carbonyl (C=O) groups excluding carboxylic acids is 2. The van der Waals surface area contributed by atoms with E-state index in [1.807, 2.05) is 44.2 Å². The van der Waals surface area contributed by atoms with E-state index in [2.05, 4.69) is 10.3 Å². The predicted molar refractivity (Wildman–Crippen MR) is 106 cm³/mol. The van der Waals surface area contributed by atoms with Gasteiger partial charge < -0.3 is 5.32 Å². The van der Waals surface area contributed by atoms with Crippen LogP contribution in [0.3, 0.4) is 0 Å².